The van der Waals surface area contributed by atoms with Crippen LogP contribution < -0.4 is 19.1 Å². The van der Waals surface area contributed by atoms with Crippen molar-refractivity contribution in [3.63, 3.8) is 0 Å². The molecule has 39 heavy (non-hydrogen) atoms. The number of ether oxygens (including phenoxy) is 2. The number of carbonyl (C=O) groups excluding carboxylic acids is 2. The topological polar surface area (TPSA) is 105 Å². The Balaban J connectivity index is 2.25. The summed E-state index contributed by atoms with van der Waals surface area (Å²) < 4.78 is 37.6. The summed E-state index contributed by atoms with van der Waals surface area (Å²) in [6.45, 7) is 7.04. The minimum absolute atomic E-state index is 0.0749. The molecule has 0 bridgehead atoms. The molecule has 216 valence electrons. The van der Waals surface area contributed by atoms with Gasteiger partial charge in [-0.2, -0.15) is 0 Å². The van der Waals surface area contributed by atoms with Crippen molar-refractivity contribution in [2.45, 2.75) is 65.5 Å². The summed E-state index contributed by atoms with van der Waals surface area (Å²) >= 11 is 0. The van der Waals surface area contributed by atoms with Gasteiger partial charge in [-0.25, -0.2) is 8.42 Å². The highest BCUT2D eigenvalue weighted by Crippen LogP contribution is 2.30. The molecule has 1 atom stereocenters. The van der Waals surface area contributed by atoms with Crippen LogP contribution in [-0.4, -0.2) is 64.2 Å². The zero-order chi connectivity index (χ0) is 28.8. The van der Waals surface area contributed by atoms with Gasteiger partial charge < -0.3 is 19.7 Å². The second kappa shape index (κ2) is 16.0. The third kappa shape index (κ3) is 9.76. The molecule has 0 aliphatic carbocycles. The van der Waals surface area contributed by atoms with E-state index in [-0.39, 0.29) is 37.7 Å². The Kier molecular flexibility index (Phi) is 13.1. The van der Waals surface area contributed by atoms with Crippen molar-refractivity contribution in [2.24, 2.45) is 0 Å². The highest BCUT2D eigenvalue weighted by molar-refractivity contribution is 7.92. The Hall–Kier alpha value is -3.27. The van der Waals surface area contributed by atoms with Crippen molar-refractivity contribution in [1.82, 2.24) is 10.2 Å². The lowest BCUT2D eigenvalue weighted by Gasteiger charge is -2.31. The van der Waals surface area contributed by atoms with E-state index in [1.54, 1.807) is 36.3 Å². The minimum atomic E-state index is -3.63. The Labute approximate surface area is 233 Å². The van der Waals surface area contributed by atoms with Crippen LogP contribution in [0.15, 0.2) is 48.5 Å². The van der Waals surface area contributed by atoms with Crippen molar-refractivity contribution in [3.8, 4) is 11.5 Å². The summed E-state index contributed by atoms with van der Waals surface area (Å²) in [6.07, 6.45) is 3.75. The number of amides is 2. The van der Waals surface area contributed by atoms with Crippen molar-refractivity contribution in [1.29, 1.82) is 0 Å². The Morgan fingerprint density at radius 1 is 1.03 bits per heavy atom. The summed E-state index contributed by atoms with van der Waals surface area (Å²) in [6, 6.07) is 13.7. The number of hydrogen-bond acceptors (Lipinski definition) is 6. The second-order valence-corrected chi connectivity index (χ2v) is 11.2. The summed E-state index contributed by atoms with van der Waals surface area (Å²) in [4.78, 5) is 28.3. The highest BCUT2D eigenvalue weighted by atomic mass is 32.2. The van der Waals surface area contributed by atoms with Crippen LogP contribution in [-0.2, 0) is 26.2 Å². The Morgan fingerprint density at radius 3 is 2.41 bits per heavy atom. The molecule has 1 N–H and O–H groups in total. The van der Waals surface area contributed by atoms with Crippen molar-refractivity contribution in [3.05, 3.63) is 54.1 Å². The van der Waals surface area contributed by atoms with Gasteiger partial charge in [0.2, 0.25) is 21.8 Å². The molecule has 0 aliphatic rings. The molecule has 2 amide bonds. The lowest BCUT2D eigenvalue weighted by molar-refractivity contribution is -0.141. The lowest BCUT2D eigenvalue weighted by atomic mass is 10.1. The molecule has 0 aliphatic heterocycles. The standard InChI is InChI=1S/C29H43N3O6S/c1-6-9-19-30-29(34)25(7-2)31(22-23-14-12-15-24(21-23)37-4)28(33)18-13-20-32(39(5,35)36)26-16-10-11-17-27(26)38-8-3/h10-12,14-17,21,25H,6-9,13,18-20,22H2,1-5H3,(H,30,34)/t25-/m0/s1. The number of sulfonamides is 1. The monoisotopic (exact) mass is 561 g/mol. The maximum atomic E-state index is 13.6. The van der Waals surface area contributed by atoms with Gasteiger partial charge in [0.15, 0.2) is 0 Å². The van der Waals surface area contributed by atoms with Gasteiger partial charge in [-0.05, 0) is 56.0 Å². The van der Waals surface area contributed by atoms with E-state index in [1.165, 1.54) is 4.31 Å². The first-order valence-corrected chi connectivity index (χ1v) is 15.4. The molecule has 0 heterocycles. The van der Waals surface area contributed by atoms with Gasteiger partial charge in [0.1, 0.15) is 17.5 Å². The number of nitrogens with zero attached hydrogens (tertiary/aromatic N) is 2. The molecule has 0 fully saturated rings. The van der Waals surface area contributed by atoms with Gasteiger partial charge in [-0.1, -0.05) is 44.5 Å². The normalized spacial score (nSPS) is 11.9. The molecular formula is C29H43N3O6S. The lowest BCUT2D eigenvalue weighted by Crippen LogP contribution is -2.49. The van der Waals surface area contributed by atoms with E-state index in [9.17, 15) is 18.0 Å². The van der Waals surface area contributed by atoms with Gasteiger partial charge in [-0.15, -0.1) is 0 Å². The van der Waals surface area contributed by atoms with E-state index in [0.717, 1.165) is 24.7 Å². The molecule has 0 unspecified atom stereocenters. The van der Waals surface area contributed by atoms with Gasteiger partial charge in [0.25, 0.3) is 0 Å². The molecule has 0 radical (unpaired) electrons. The van der Waals surface area contributed by atoms with Gasteiger partial charge in [-0.3, -0.25) is 13.9 Å². The third-order valence-corrected chi connectivity index (χ3v) is 7.47. The van der Waals surface area contributed by atoms with Crippen LogP contribution in [0.25, 0.3) is 0 Å². The number of rotatable bonds is 17. The molecule has 10 heteroatoms. The van der Waals surface area contributed by atoms with Crippen LogP contribution in [0.5, 0.6) is 11.5 Å². The second-order valence-electron chi connectivity index (χ2n) is 9.28. The third-order valence-electron chi connectivity index (χ3n) is 6.29. The van der Waals surface area contributed by atoms with Gasteiger partial charge >= 0.3 is 0 Å². The van der Waals surface area contributed by atoms with Crippen LogP contribution in [0, 0.1) is 0 Å². The summed E-state index contributed by atoms with van der Waals surface area (Å²) in [7, 11) is -2.05. The largest absolute Gasteiger partial charge is 0.497 e. The fourth-order valence-electron chi connectivity index (χ4n) is 4.32. The number of nitrogens with one attached hydrogen (secondary N) is 1. The molecule has 2 aromatic rings. The first kappa shape index (κ1) is 31.9. The predicted octanol–water partition coefficient (Wildman–Crippen LogP) is 4.36. The van der Waals surface area contributed by atoms with E-state index >= 15 is 0 Å². The zero-order valence-corrected chi connectivity index (χ0v) is 24.6. The summed E-state index contributed by atoms with van der Waals surface area (Å²) in [5, 5.41) is 2.95. The van der Waals surface area contributed by atoms with E-state index in [2.05, 4.69) is 12.2 Å². The molecule has 0 saturated heterocycles. The molecule has 0 spiro atoms. The maximum Gasteiger partial charge on any atom is 0.242 e. The smallest absolute Gasteiger partial charge is 0.242 e. The van der Waals surface area contributed by atoms with E-state index < -0.39 is 16.1 Å². The minimum Gasteiger partial charge on any atom is -0.497 e. The molecule has 0 saturated carbocycles. The van der Waals surface area contributed by atoms with Crippen LogP contribution in [0.4, 0.5) is 5.69 Å². The number of hydrogen-bond donors (Lipinski definition) is 1. The average Bonchev–Trinajstić information content (AvgIpc) is 2.91. The van der Waals surface area contributed by atoms with Crippen LogP contribution in [0.3, 0.4) is 0 Å². The maximum absolute atomic E-state index is 13.6. The summed E-state index contributed by atoms with van der Waals surface area (Å²) in [5.74, 6) is 0.718. The highest BCUT2D eigenvalue weighted by Gasteiger charge is 2.29. The SMILES string of the molecule is CCCCNC(=O)[C@H](CC)N(Cc1cccc(OC)c1)C(=O)CCCN(c1ccccc1OCC)S(C)(=O)=O. The molecular weight excluding hydrogens is 518 g/mol. The Bertz CT molecular complexity index is 1170. The molecule has 2 rings (SSSR count). The van der Waals surface area contributed by atoms with Crippen molar-refractivity contribution in [2.75, 3.05) is 37.4 Å². The quantitative estimate of drug-likeness (QED) is 0.288. The molecule has 0 aromatic heterocycles. The number of para-hydroxylation sites is 2. The van der Waals surface area contributed by atoms with Crippen molar-refractivity contribution >= 4 is 27.5 Å². The average molecular weight is 562 g/mol. The van der Waals surface area contributed by atoms with Gasteiger partial charge in [0.05, 0.1) is 25.7 Å². The number of methoxy groups -OCH3 is 1. The number of unbranched alkanes of at least 4 members (excludes halogenated alkanes) is 1. The predicted molar refractivity (Wildman–Crippen MR) is 155 cm³/mol. The first-order valence-electron chi connectivity index (χ1n) is 13.6. The zero-order valence-electron chi connectivity index (χ0n) is 23.8. The number of anilines is 1. The van der Waals surface area contributed by atoms with Crippen LogP contribution in [0.1, 0.15) is 58.4 Å². The molecule has 2 aromatic carbocycles. The van der Waals surface area contributed by atoms with E-state index in [4.69, 9.17) is 9.47 Å². The number of carbonyl (C=O) groups is 2. The molecule has 9 nitrogen and oxygen atoms in total. The Morgan fingerprint density at radius 2 is 1.77 bits per heavy atom. The fraction of sp³-hybridized carbons (Fsp3) is 0.517. The van der Waals surface area contributed by atoms with E-state index in [1.807, 2.05) is 38.1 Å². The number of benzene rings is 2. The van der Waals surface area contributed by atoms with Crippen LogP contribution >= 0.6 is 0 Å². The van der Waals surface area contributed by atoms with E-state index in [0.29, 0.717) is 36.8 Å². The van der Waals surface area contributed by atoms with Gasteiger partial charge in [0, 0.05) is 26.1 Å². The summed E-state index contributed by atoms with van der Waals surface area (Å²) in [5.41, 5.74) is 1.27. The van der Waals surface area contributed by atoms with Crippen molar-refractivity contribution < 1.29 is 27.5 Å². The van der Waals surface area contributed by atoms with Crippen LogP contribution in [0.2, 0.25) is 0 Å². The first-order chi connectivity index (χ1) is 18.7. The fourth-order valence-corrected chi connectivity index (χ4v) is 5.29.